The standard InChI is InChI=1S/C14H16N4O2S/c1-10-3-2-4-12(15-10)17-14-16-11(9-21-14)13(19)18-5-7-20-8-6-18/h2-4,9H,5-8H2,1H3,(H,15,16,17). The van der Waals surface area contributed by atoms with Crippen LogP contribution in [0.15, 0.2) is 23.6 Å². The number of morpholine rings is 1. The molecule has 1 N–H and O–H groups in total. The van der Waals surface area contributed by atoms with Crippen molar-refractivity contribution >= 4 is 28.2 Å². The number of rotatable bonds is 3. The number of aryl methyl sites for hydroxylation is 1. The molecule has 0 spiro atoms. The molecule has 1 aliphatic heterocycles. The minimum atomic E-state index is -0.0419. The number of nitrogens with one attached hydrogen (secondary N) is 1. The van der Waals surface area contributed by atoms with Gasteiger partial charge in [0.25, 0.3) is 5.91 Å². The van der Waals surface area contributed by atoms with E-state index in [4.69, 9.17) is 4.74 Å². The van der Waals surface area contributed by atoms with Gasteiger partial charge < -0.3 is 15.0 Å². The third kappa shape index (κ3) is 3.37. The summed E-state index contributed by atoms with van der Waals surface area (Å²) in [6.07, 6.45) is 0. The number of aromatic nitrogens is 2. The molecule has 1 aliphatic rings. The summed E-state index contributed by atoms with van der Waals surface area (Å²) in [5, 5.41) is 5.57. The van der Waals surface area contributed by atoms with Crippen LogP contribution in [0.5, 0.6) is 0 Å². The fourth-order valence-electron chi connectivity index (χ4n) is 2.08. The van der Waals surface area contributed by atoms with Crippen molar-refractivity contribution in [2.75, 3.05) is 31.6 Å². The normalized spacial score (nSPS) is 15.0. The lowest BCUT2D eigenvalue weighted by molar-refractivity contribution is 0.0299. The molecule has 1 amide bonds. The highest BCUT2D eigenvalue weighted by atomic mass is 32.1. The van der Waals surface area contributed by atoms with Gasteiger partial charge in [-0.1, -0.05) is 6.07 Å². The maximum absolute atomic E-state index is 12.3. The summed E-state index contributed by atoms with van der Waals surface area (Å²) < 4.78 is 5.25. The second-order valence-electron chi connectivity index (χ2n) is 4.73. The summed E-state index contributed by atoms with van der Waals surface area (Å²) in [6, 6.07) is 5.73. The van der Waals surface area contributed by atoms with Gasteiger partial charge in [0.2, 0.25) is 0 Å². The monoisotopic (exact) mass is 304 g/mol. The van der Waals surface area contributed by atoms with Gasteiger partial charge in [-0.15, -0.1) is 11.3 Å². The molecule has 0 radical (unpaired) electrons. The molecule has 0 atom stereocenters. The Bertz CT molecular complexity index is 637. The summed E-state index contributed by atoms with van der Waals surface area (Å²) in [5.41, 5.74) is 1.40. The molecule has 0 aromatic carbocycles. The smallest absolute Gasteiger partial charge is 0.273 e. The molecule has 0 unspecified atom stereocenters. The van der Waals surface area contributed by atoms with Gasteiger partial charge in [-0.05, 0) is 19.1 Å². The van der Waals surface area contributed by atoms with E-state index in [0.29, 0.717) is 37.1 Å². The Labute approximate surface area is 126 Å². The van der Waals surface area contributed by atoms with Crippen molar-refractivity contribution < 1.29 is 9.53 Å². The van der Waals surface area contributed by atoms with E-state index in [2.05, 4.69) is 15.3 Å². The number of anilines is 2. The van der Waals surface area contributed by atoms with Crippen LogP contribution in [0.25, 0.3) is 0 Å². The maximum Gasteiger partial charge on any atom is 0.273 e. The molecule has 3 rings (SSSR count). The van der Waals surface area contributed by atoms with Crippen LogP contribution in [0.1, 0.15) is 16.2 Å². The van der Waals surface area contributed by atoms with Gasteiger partial charge in [0.05, 0.1) is 13.2 Å². The van der Waals surface area contributed by atoms with Crippen LogP contribution in [-0.4, -0.2) is 47.1 Å². The van der Waals surface area contributed by atoms with E-state index in [0.717, 1.165) is 11.5 Å². The molecule has 3 heterocycles. The van der Waals surface area contributed by atoms with Crippen molar-refractivity contribution in [3.8, 4) is 0 Å². The quantitative estimate of drug-likeness (QED) is 0.940. The predicted molar refractivity (Wildman–Crippen MR) is 81.1 cm³/mol. The van der Waals surface area contributed by atoms with E-state index in [1.54, 1.807) is 10.3 Å². The second kappa shape index (κ2) is 6.19. The Hall–Kier alpha value is -1.99. The topological polar surface area (TPSA) is 67.4 Å². The number of hydrogen-bond donors (Lipinski definition) is 1. The van der Waals surface area contributed by atoms with Crippen LogP contribution >= 0.6 is 11.3 Å². The molecule has 7 heteroatoms. The first-order valence-corrected chi connectivity index (χ1v) is 7.63. The minimum Gasteiger partial charge on any atom is -0.378 e. The molecule has 0 saturated carbocycles. The van der Waals surface area contributed by atoms with E-state index in [1.165, 1.54) is 11.3 Å². The van der Waals surface area contributed by atoms with Gasteiger partial charge in [-0.2, -0.15) is 0 Å². The summed E-state index contributed by atoms with van der Waals surface area (Å²) in [6.45, 7) is 4.36. The third-order valence-electron chi connectivity index (χ3n) is 3.14. The van der Waals surface area contributed by atoms with Crippen LogP contribution in [0, 0.1) is 6.92 Å². The van der Waals surface area contributed by atoms with Crippen molar-refractivity contribution in [2.24, 2.45) is 0 Å². The number of hydrogen-bond acceptors (Lipinski definition) is 6. The highest BCUT2D eigenvalue weighted by molar-refractivity contribution is 7.14. The first-order chi connectivity index (χ1) is 10.2. The van der Waals surface area contributed by atoms with Gasteiger partial charge in [-0.3, -0.25) is 4.79 Å². The van der Waals surface area contributed by atoms with Crippen LogP contribution in [-0.2, 0) is 4.74 Å². The van der Waals surface area contributed by atoms with Crippen molar-refractivity contribution in [1.82, 2.24) is 14.9 Å². The van der Waals surface area contributed by atoms with E-state index in [1.807, 2.05) is 25.1 Å². The molecule has 0 aliphatic carbocycles. The van der Waals surface area contributed by atoms with E-state index in [-0.39, 0.29) is 5.91 Å². The zero-order valence-corrected chi connectivity index (χ0v) is 12.5. The minimum absolute atomic E-state index is 0.0419. The summed E-state index contributed by atoms with van der Waals surface area (Å²) in [5.74, 6) is 0.689. The first kappa shape index (κ1) is 14.0. The Morgan fingerprint density at radius 3 is 2.90 bits per heavy atom. The molecular weight excluding hydrogens is 288 g/mol. The van der Waals surface area contributed by atoms with E-state index < -0.39 is 0 Å². The number of amides is 1. The molecule has 21 heavy (non-hydrogen) atoms. The Kier molecular flexibility index (Phi) is 4.12. The van der Waals surface area contributed by atoms with E-state index >= 15 is 0 Å². The summed E-state index contributed by atoms with van der Waals surface area (Å²) in [4.78, 5) is 22.8. The lowest BCUT2D eigenvalue weighted by atomic mass is 10.3. The fourth-order valence-corrected chi connectivity index (χ4v) is 2.77. The summed E-state index contributed by atoms with van der Waals surface area (Å²) in [7, 11) is 0. The van der Waals surface area contributed by atoms with Crippen molar-refractivity contribution in [3.05, 3.63) is 35.0 Å². The predicted octanol–water partition coefficient (Wildman–Crippen LogP) is 2.06. The molecule has 6 nitrogen and oxygen atoms in total. The van der Waals surface area contributed by atoms with Crippen molar-refractivity contribution in [2.45, 2.75) is 6.92 Å². The maximum atomic E-state index is 12.3. The van der Waals surface area contributed by atoms with Crippen LogP contribution < -0.4 is 5.32 Å². The lowest BCUT2D eigenvalue weighted by Crippen LogP contribution is -2.40. The van der Waals surface area contributed by atoms with Gasteiger partial charge in [0.15, 0.2) is 5.13 Å². The molecule has 2 aromatic heterocycles. The highest BCUT2D eigenvalue weighted by Gasteiger charge is 2.20. The van der Waals surface area contributed by atoms with Crippen molar-refractivity contribution in [1.29, 1.82) is 0 Å². The Balaban J connectivity index is 1.69. The largest absolute Gasteiger partial charge is 0.378 e. The van der Waals surface area contributed by atoms with Gasteiger partial charge in [0, 0.05) is 24.2 Å². The Morgan fingerprint density at radius 2 is 2.14 bits per heavy atom. The zero-order valence-electron chi connectivity index (χ0n) is 11.7. The average Bonchev–Trinajstić information content (AvgIpc) is 2.96. The molecule has 110 valence electrons. The number of pyridine rings is 1. The zero-order chi connectivity index (χ0) is 14.7. The first-order valence-electron chi connectivity index (χ1n) is 6.75. The van der Waals surface area contributed by atoms with Crippen LogP contribution in [0.2, 0.25) is 0 Å². The number of thiazole rings is 1. The molecule has 1 fully saturated rings. The van der Waals surface area contributed by atoms with Crippen molar-refractivity contribution in [3.63, 3.8) is 0 Å². The van der Waals surface area contributed by atoms with Gasteiger partial charge >= 0.3 is 0 Å². The average molecular weight is 304 g/mol. The number of carbonyl (C=O) groups is 1. The number of ether oxygens (including phenoxy) is 1. The molecule has 2 aromatic rings. The van der Waals surface area contributed by atoms with Gasteiger partial charge in [0.1, 0.15) is 11.5 Å². The van der Waals surface area contributed by atoms with Crippen LogP contribution in [0.3, 0.4) is 0 Å². The van der Waals surface area contributed by atoms with E-state index in [9.17, 15) is 4.79 Å². The highest BCUT2D eigenvalue weighted by Crippen LogP contribution is 2.21. The lowest BCUT2D eigenvalue weighted by Gasteiger charge is -2.25. The third-order valence-corrected chi connectivity index (χ3v) is 3.90. The Morgan fingerprint density at radius 1 is 1.33 bits per heavy atom. The number of carbonyl (C=O) groups excluding carboxylic acids is 1. The van der Waals surface area contributed by atoms with Gasteiger partial charge in [-0.25, -0.2) is 9.97 Å². The molecule has 1 saturated heterocycles. The fraction of sp³-hybridized carbons (Fsp3) is 0.357. The molecule has 0 bridgehead atoms. The molecular formula is C14H16N4O2S. The number of nitrogens with zero attached hydrogens (tertiary/aromatic N) is 3. The summed E-state index contributed by atoms with van der Waals surface area (Å²) >= 11 is 1.40. The second-order valence-corrected chi connectivity index (χ2v) is 5.59. The van der Waals surface area contributed by atoms with Crippen LogP contribution in [0.4, 0.5) is 10.9 Å². The SMILES string of the molecule is Cc1cccc(Nc2nc(C(=O)N3CCOCC3)cs2)n1.